The van der Waals surface area contributed by atoms with Crippen LogP contribution in [0.2, 0.25) is 0 Å². The van der Waals surface area contributed by atoms with Crippen LogP contribution < -0.4 is 14.8 Å². The van der Waals surface area contributed by atoms with Gasteiger partial charge in [-0.2, -0.15) is 0 Å². The molecule has 0 spiro atoms. The molecule has 0 saturated carbocycles. The molecule has 4 rings (SSSR count). The average Bonchev–Trinajstić information content (AvgIpc) is 3.23. The predicted molar refractivity (Wildman–Crippen MR) is 89.0 cm³/mol. The molecule has 1 aromatic carbocycles. The SMILES string of the molecule is O=C(Nc1ccncc1)C1CCC(=O)N1Cc1ccc2c(c1)OCO2. The Morgan fingerprint density at radius 1 is 1.20 bits per heavy atom. The highest BCUT2D eigenvalue weighted by Gasteiger charge is 2.36. The van der Waals surface area contributed by atoms with Crippen LogP contribution in [0.1, 0.15) is 18.4 Å². The summed E-state index contributed by atoms with van der Waals surface area (Å²) in [7, 11) is 0. The topological polar surface area (TPSA) is 80.8 Å². The minimum absolute atomic E-state index is 0.0208. The first-order valence-corrected chi connectivity index (χ1v) is 8.09. The fourth-order valence-corrected chi connectivity index (χ4v) is 3.10. The number of likely N-dealkylation sites (tertiary alicyclic amines) is 1. The molecule has 2 aromatic rings. The van der Waals surface area contributed by atoms with Gasteiger partial charge in [-0.05, 0) is 36.2 Å². The van der Waals surface area contributed by atoms with Gasteiger partial charge < -0.3 is 19.7 Å². The number of benzene rings is 1. The molecule has 1 unspecified atom stereocenters. The lowest BCUT2D eigenvalue weighted by Gasteiger charge is -2.24. The summed E-state index contributed by atoms with van der Waals surface area (Å²) in [5, 5.41) is 2.84. The molecule has 1 N–H and O–H groups in total. The molecule has 0 aliphatic carbocycles. The zero-order valence-electron chi connectivity index (χ0n) is 13.5. The highest BCUT2D eigenvalue weighted by molar-refractivity contribution is 5.98. The Hall–Kier alpha value is -3.09. The molecule has 1 atom stereocenters. The second-order valence-corrected chi connectivity index (χ2v) is 5.99. The third-order valence-corrected chi connectivity index (χ3v) is 4.37. The van der Waals surface area contributed by atoms with Gasteiger partial charge in [0.2, 0.25) is 18.6 Å². The molecule has 0 radical (unpaired) electrons. The van der Waals surface area contributed by atoms with Gasteiger partial charge in [-0.1, -0.05) is 6.07 Å². The Bertz CT molecular complexity index is 809. The van der Waals surface area contributed by atoms with Gasteiger partial charge in [0.15, 0.2) is 11.5 Å². The second kappa shape index (κ2) is 6.43. The second-order valence-electron chi connectivity index (χ2n) is 5.99. The van der Waals surface area contributed by atoms with E-state index in [1.807, 2.05) is 18.2 Å². The first-order valence-electron chi connectivity index (χ1n) is 8.09. The van der Waals surface area contributed by atoms with Crippen LogP contribution in [0.25, 0.3) is 0 Å². The monoisotopic (exact) mass is 339 g/mol. The molecular formula is C18H17N3O4. The summed E-state index contributed by atoms with van der Waals surface area (Å²) in [6.45, 7) is 0.572. The number of amides is 2. The maximum absolute atomic E-state index is 12.6. The molecule has 1 fully saturated rings. The van der Waals surface area contributed by atoms with Gasteiger partial charge in [-0.3, -0.25) is 14.6 Å². The van der Waals surface area contributed by atoms with Crippen LogP contribution in [0.15, 0.2) is 42.7 Å². The molecule has 0 bridgehead atoms. The first-order chi connectivity index (χ1) is 12.2. The lowest BCUT2D eigenvalue weighted by Crippen LogP contribution is -2.41. The van der Waals surface area contributed by atoms with Crippen molar-refractivity contribution < 1.29 is 19.1 Å². The Kier molecular flexibility index (Phi) is 3.97. The van der Waals surface area contributed by atoms with Crippen LogP contribution in [0.5, 0.6) is 11.5 Å². The number of nitrogens with one attached hydrogen (secondary N) is 1. The molecule has 128 valence electrons. The maximum atomic E-state index is 12.6. The van der Waals surface area contributed by atoms with Gasteiger partial charge in [-0.25, -0.2) is 0 Å². The summed E-state index contributed by atoms with van der Waals surface area (Å²) in [5.41, 5.74) is 1.57. The molecule has 2 aliphatic rings. The highest BCUT2D eigenvalue weighted by Crippen LogP contribution is 2.33. The van der Waals surface area contributed by atoms with E-state index in [4.69, 9.17) is 9.47 Å². The number of ether oxygens (including phenoxy) is 2. The minimum Gasteiger partial charge on any atom is -0.454 e. The van der Waals surface area contributed by atoms with Crippen molar-refractivity contribution in [2.75, 3.05) is 12.1 Å². The zero-order valence-corrected chi connectivity index (χ0v) is 13.5. The third-order valence-electron chi connectivity index (χ3n) is 4.37. The Labute approximate surface area is 144 Å². The van der Waals surface area contributed by atoms with E-state index in [0.717, 1.165) is 5.56 Å². The average molecular weight is 339 g/mol. The van der Waals surface area contributed by atoms with Crippen LogP contribution in [-0.2, 0) is 16.1 Å². The molecule has 3 heterocycles. The summed E-state index contributed by atoms with van der Waals surface area (Å²) < 4.78 is 10.7. The van der Waals surface area contributed by atoms with Crippen molar-refractivity contribution in [3.63, 3.8) is 0 Å². The van der Waals surface area contributed by atoms with E-state index >= 15 is 0 Å². The molecule has 25 heavy (non-hydrogen) atoms. The third kappa shape index (κ3) is 3.13. The van der Waals surface area contributed by atoms with Crippen molar-refractivity contribution in [3.8, 4) is 11.5 Å². The summed E-state index contributed by atoms with van der Waals surface area (Å²) in [4.78, 5) is 30.4. The quantitative estimate of drug-likeness (QED) is 0.921. The number of aromatic nitrogens is 1. The number of carbonyl (C=O) groups is 2. The van der Waals surface area contributed by atoms with Crippen molar-refractivity contribution >= 4 is 17.5 Å². The lowest BCUT2D eigenvalue weighted by atomic mass is 10.1. The number of rotatable bonds is 4. The Balaban J connectivity index is 1.49. The molecular weight excluding hydrogens is 322 g/mol. The minimum atomic E-state index is -0.480. The zero-order chi connectivity index (χ0) is 17.2. The van der Waals surface area contributed by atoms with E-state index < -0.39 is 6.04 Å². The summed E-state index contributed by atoms with van der Waals surface area (Å²) in [6.07, 6.45) is 4.11. The fourth-order valence-electron chi connectivity index (χ4n) is 3.10. The van der Waals surface area contributed by atoms with E-state index in [9.17, 15) is 9.59 Å². The van der Waals surface area contributed by atoms with E-state index in [0.29, 0.717) is 36.6 Å². The van der Waals surface area contributed by atoms with Crippen molar-refractivity contribution in [3.05, 3.63) is 48.3 Å². The van der Waals surface area contributed by atoms with E-state index in [1.54, 1.807) is 29.4 Å². The number of nitrogens with zero attached hydrogens (tertiary/aromatic N) is 2. The largest absolute Gasteiger partial charge is 0.454 e. The molecule has 2 amide bonds. The number of hydrogen-bond donors (Lipinski definition) is 1. The van der Waals surface area contributed by atoms with Crippen molar-refractivity contribution in [2.45, 2.75) is 25.4 Å². The van der Waals surface area contributed by atoms with Crippen molar-refractivity contribution in [1.29, 1.82) is 0 Å². The van der Waals surface area contributed by atoms with Gasteiger partial charge in [0.1, 0.15) is 6.04 Å². The van der Waals surface area contributed by atoms with Crippen LogP contribution in [0, 0.1) is 0 Å². The van der Waals surface area contributed by atoms with Gasteiger partial charge in [-0.15, -0.1) is 0 Å². The molecule has 1 aromatic heterocycles. The number of anilines is 1. The number of carbonyl (C=O) groups excluding carboxylic acids is 2. The predicted octanol–water partition coefficient (Wildman–Crippen LogP) is 1.94. The molecule has 7 nitrogen and oxygen atoms in total. The number of fused-ring (bicyclic) bond motifs is 1. The van der Waals surface area contributed by atoms with Gasteiger partial charge in [0.05, 0.1) is 0 Å². The normalized spacial score (nSPS) is 18.5. The van der Waals surface area contributed by atoms with E-state index in [1.165, 1.54) is 0 Å². The van der Waals surface area contributed by atoms with Gasteiger partial charge in [0.25, 0.3) is 0 Å². The lowest BCUT2D eigenvalue weighted by molar-refractivity contribution is -0.133. The van der Waals surface area contributed by atoms with Crippen LogP contribution >= 0.6 is 0 Å². The summed E-state index contributed by atoms with van der Waals surface area (Å²) in [5.74, 6) is 1.16. The van der Waals surface area contributed by atoms with E-state index in [-0.39, 0.29) is 18.6 Å². The van der Waals surface area contributed by atoms with E-state index in [2.05, 4.69) is 10.3 Å². The summed E-state index contributed by atoms with van der Waals surface area (Å²) >= 11 is 0. The van der Waals surface area contributed by atoms with Crippen LogP contribution in [0.3, 0.4) is 0 Å². The number of hydrogen-bond acceptors (Lipinski definition) is 5. The highest BCUT2D eigenvalue weighted by atomic mass is 16.7. The van der Waals surface area contributed by atoms with Crippen molar-refractivity contribution in [2.24, 2.45) is 0 Å². The smallest absolute Gasteiger partial charge is 0.247 e. The standard InChI is InChI=1S/C18H17N3O4/c22-17-4-2-14(18(23)20-13-5-7-19-8-6-13)21(17)10-12-1-3-15-16(9-12)25-11-24-15/h1,3,5-9,14H,2,4,10-11H2,(H,19,20,23). The number of pyridine rings is 1. The maximum Gasteiger partial charge on any atom is 0.247 e. The van der Waals surface area contributed by atoms with Gasteiger partial charge >= 0.3 is 0 Å². The molecule has 1 saturated heterocycles. The van der Waals surface area contributed by atoms with Crippen LogP contribution in [0.4, 0.5) is 5.69 Å². The Morgan fingerprint density at radius 3 is 2.84 bits per heavy atom. The first kappa shape index (κ1) is 15.4. The fraction of sp³-hybridized carbons (Fsp3) is 0.278. The summed E-state index contributed by atoms with van der Waals surface area (Å²) in [6, 6.07) is 8.52. The molecule has 7 heteroatoms. The van der Waals surface area contributed by atoms with Crippen molar-refractivity contribution in [1.82, 2.24) is 9.88 Å². The van der Waals surface area contributed by atoms with Crippen LogP contribution in [-0.4, -0.2) is 34.5 Å². The molecule has 2 aliphatic heterocycles. The van der Waals surface area contributed by atoms with Gasteiger partial charge in [0, 0.05) is 31.0 Å². The Morgan fingerprint density at radius 2 is 2.00 bits per heavy atom.